The number of carbonyl (C=O) groups is 1. The van der Waals surface area contributed by atoms with Gasteiger partial charge in [-0.2, -0.15) is 0 Å². The summed E-state index contributed by atoms with van der Waals surface area (Å²) in [5.41, 5.74) is 1.67. The van der Waals surface area contributed by atoms with Crippen LogP contribution in [-0.2, 0) is 16.0 Å². The van der Waals surface area contributed by atoms with Crippen molar-refractivity contribution in [3.8, 4) is 23.0 Å². The fourth-order valence-corrected chi connectivity index (χ4v) is 2.99. The van der Waals surface area contributed by atoms with Gasteiger partial charge in [-0.3, -0.25) is 4.79 Å². The fraction of sp³-hybridized carbons (Fsp3) is 0.316. The maximum atomic E-state index is 11.5. The summed E-state index contributed by atoms with van der Waals surface area (Å²) in [5, 5.41) is 9.70. The monoisotopic (exact) mass is 344 g/mol. The summed E-state index contributed by atoms with van der Waals surface area (Å²) in [6.07, 6.45) is -0.501. The molecular formula is C19H20O6. The smallest absolute Gasteiger partial charge is 0.303 e. The molecule has 3 rings (SSSR count). The quantitative estimate of drug-likeness (QED) is 0.860. The zero-order valence-electron chi connectivity index (χ0n) is 14.3. The zero-order chi connectivity index (χ0) is 18.0. The van der Waals surface area contributed by atoms with Crippen LogP contribution in [0.5, 0.6) is 23.0 Å². The Labute approximate surface area is 145 Å². The summed E-state index contributed by atoms with van der Waals surface area (Å²) in [5.74, 6) is 1.48. The number of rotatable bonds is 4. The molecular weight excluding hydrogens is 324 g/mol. The first-order valence-corrected chi connectivity index (χ1v) is 7.89. The van der Waals surface area contributed by atoms with Gasteiger partial charge in [0.2, 0.25) is 0 Å². The van der Waals surface area contributed by atoms with Crippen molar-refractivity contribution in [1.82, 2.24) is 0 Å². The number of methoxy groups -OCH3 is 2. The molecule has 0 fully saturated rings. The molecule has 2 aromatic rings. The van der Waals surface area contributed by atoms with Gasteiger partial charge in [0.25, 0.3) is 0 Å². The van der Waals surface area contributed by atoms with Crippen molar-refractivity contribution in [2.24, 2.45) is 0 Å². The Hall–Kier alpha value is -2.89. The van der Waals surface area contributed by atoms with Crippen molar-refractivity contribution >= 4 is 5.97 Å². The van der Waals surface area contributed by atoms with Crippen molar-refractivity contribution in [2.45, 2.75) is 25.6 Å². The van der Waals surface area contributed by atoms with Crippen LogP contribution in [0.2, 0.25) is 0 Å². The Kier molecular flexibility index (Phi) is 4.70. The summed E-state index contributed by atoms with van der Waals surface area (Å²) in [7, 11) is 3.12. The summed E-state index contributed by atoms with van der Waals surface area (Å²) < 4.78 is 22.1. The number of ether oxygens (including phenoxy) is 4. The fourth-order valence-electron chi connectivity index (χ4n) is 2.99. The second kappa shape index (κ2) is 6.93. The lowest BCUT2D eigenvalue weighted by atomic mass is 9.94. The molecule has 0 bridgehead atoms. The molecule has 1 N–H and O–H groups in total. The Balaban J connectivity index is 2.00. The molecule has 0 aromatic heterocycles. The third-order valence-corrected chi connectivity index (χ3v) is 4.12. The van der Waals surface area contributed by atoms with E-state index in [9.17, 15) is 9.90 Å². The van der Waals surface area contributed by atoms with Gasteiger partial charge in [0, 0.05) is 25.0 Å². The van der Waals surface area contributed by atoms with Crippen LogP contribution < -0.4 is 14.2 Å². The average molecular weight is 344 g/mol. The molecule has 0 aliphatic carbocycles. The molecule has 0 amide bonds. The summed E-state index contributed by atoms with van der Waals surface area (Å²) in [6, 6.07) is 10.3. The van der Waals surface area contributed by atoms with Crippen LogP contribution in [0.25, 0.3) is 0 Å². The minimum absolute atomic E-state index is 0.121. The van der Waals surface area contributed by atoms with Crippen LogP contribution >= 0.6 is 0 Å². The van der Waals surface area contributed by atoms with E-state index in [1.54, 1.807) is 44.6 Å². The predicted octanol–water partition coefficient (Wildman–Crippen LogP) is 3.02. The average Bonchev–Trinajstić information content (AvgIpc) is 2.60. The first-order chi connectivity index (χ1) is 12.0. The molecule has 2 atom stereocenters. The lowest BCUT2D eigenvalue weighted by Crippen LogP contribution is -2.34. The Morgan fingerprint density at radius 2 is 1.88 bits per heavy atom. The topological polar surface area (TPSA) is 74.2 Å². The van der Waals surface area contributed by atoms with Gasteiger partial charge in [0.05, 0.1) is 14.2 Å². The highest BCUT2D eigenvalue weighted by atomic mass is 16.6. The largest absolute Gasteiger partial charge is 0.508 e. The summed E-state index contributed by atoms with van der Waals surface area (Å²) >= 11 is 0. The molecule has 0 saturated carbocycles. The van der Waals surface area contributed by atoms with Gasteiger partial charge in [0.1, 0.15) is 17.6 Å². The van der Waals surface area contributed by atoms with Gasteiger partial charge in [-0.15, -0.1) is 0 Å². The molecule has 2 aromatic carbocycles. The SMILES string of the molecule is COc1ccc([C@H]2Oc3cc(O)ccc3C[C@@H]2OC(C)=O)cc1OC. The lowest BCUT2D eigenvalue weighted by Gasteiger charge is -2.33. The van der Waals surface area contributed by atoms with E-state index in [1.807, 2.05) is 6.07 Å². The van der Waals surface area contributed by atoms with Crippen molar-refractivity contribution in [3.05, 3.63) is 47.5 Å². The zero-order valence-corrected chi connectivity index (χ0v) is 14.3. The van der Waals surface area contributed by atoms with Crippen LogP contribution in [-0.4, -0.2) is 31.4 Å². The third-order valence-electron chi connectivity index (χ3n) is 4.12. The molecule has 1 heterocycles. The Morgan fingerprint density at radius 3 is 2.56 bits per heavy atom. The number of benzene rings is 2. The van der Waals surface area contributed by atoms with E-state index >= 15 is 0 Å². The molecule has 0 saturated heterocycles. The van der Waals surface area contributed by atoms with Crippen molar-refractivity contribution in [3.63, 3.8) is 0 Å². The summed E-state index contributed by atoms with van der Waals surface area (Å²) in [6.45, 7) is 1.37. The van der Waals surface area contributed by atoms with Crippen LogP contribution in [0.15, 0.2) is 36.4 Å². The van der Waals surface area contributed by atoms with Gasteiger partial charge in [0.15, 0.2) is 17.6 Å². The number of hydrogen-bond acceptors (Lipinski definition) is 6. The summed E-state index contributed by atoms with van der Waals surface area (Å²) in [4.78, 5) is 11.5. The van der Waals surface area contributed by atoms with Crippen LogP contribution in [0.3, 0.4) is 0 Å². The van der Waals surface area contributed by atoms with E-state index in [4.69, 9.17) is 18.9 Å². The molecule has 6 nitrogen and oxygen atoms in total. The maximum absolute atomic E-state index is 11.5. The number of hydrogen-bond donors (Lipinski definition) is 1. The van der Waals surface area contributed by atoms with Gasteiger partial charge < -0.3 is 24.1 Å². The highest BCUT2D eigenvalue weighted by molar-refractivity contribution is 5.66. The van der Waals surface area contributed by atoms with Gasteiger partial charge in [-0.05, 0) is 23.8 Å². The van der Waals surface area contributed by atoms with E-state index in [-0.39, 0.29) is 11.7 Å². The van der Waals surface area contributed by atoms with Crippen LogP contribution in [0, 0.1) is 0 Å². The van der Waals surface area contributed by atoms with E-state index in [0.29, 0.717) is 23.7 Å². The van der Waals surface area contributed by atoms with Gasteiger partial charge >= 0.3 is 5.97 Å². The van der Waals surface area contributed by atoms with Gasteiger partial charge in [-0.25, -0.2) is 0 Å². The van der Waals surface area contributed by atoms with Crippen molar-refractivity contribution in [2.75, 3.05) is 14.2 Å². The second-order valence-corrected chi connectivity index (χ2v) is 5.80. The third kappa shape index (κ3) is 3.47. The lowest BCUT2D eigenvalue weighted by molar-refractivity contribution is -0.152. The number of esters is 1. The minimum Gasteiger partial charge on any atom is -0.508 e. The standard InChI is InChI=1S/C19H20O6/c1-11(20)24-18-8-12-4-6-14(21)10-16(12)25-19(18)13-5-7-15(22-2)17(9-13)23-3/h4-7,9-10,18-19,21H,8H2,1-3H3/t18-,19+/m0/s1. The van der Waals surface area contributed by atoms with E-state index in [1.165, 1.54) is 6.92 Å². The second-order valence-electron chi connectivity index (χ2n) is 5.80. The molecule has 0 radical (unpaired) electrons. The number of phenolic OH excluding ortho intramolecular Hbond substituents is 1. The van der Waals surface area contributed by atoms with Crippen molar-refractivity contribution < 1.29 is 28.8 Å². The number of fused-ring (bicyclic) bond motifs is 1. The maximum Gasteiger partial charge on any atom is 0.303 e. The molecule has 1 aliphatic rings. The molecule has 0 unspecified atom stereocenters. The molecule has 1 aliphatic heterocycles. The van der Waals surface area contributed by atoms with E-state index in [0.717, 1.165) is 11.1 Å². The molecule has 132 valence electrons. The predicted molar refractivity (Wildman–Crippen MR) is 90.3 cm³/mol. The molecule has 25 heavy (non-hydrogen) atoms. The molecule has 0 spiro atoms. The molecule has 6 heteroatoms. The highest BCUT2D eigenvalue weighted by Gasteiger charge is 2.34. The normalized spacial score (nSPS) is 18.7. The van der Waals surface area contributed by atoms with Crippen LogP contribution in [0.4, 0.5) is 0 Å². The minimum atomic E-state index is -0.516. The first-order valence-electron chi connectivity index (χ1n) is 7.89. The Bertz CT molecular complexity index is 785. The van der Waals surface area contributed by atoms with Crippen LogP contribution in [0.1, 0.15) is 24.2 Å². The van der Waals surface area contributed by atoms with Gasteiger partial charge in [-0.1, -0.05) is 12.1 Å². The number of carbonyl (C=O) groups excluding carboxylic acids is 1. The Morgan fingerprint density at radius 1 is 1.12 bits per heavy atom. The number of phenols is 1. The van der Waals surface area contributed by atoms with Crippen molar-refractivity contribution in [1.29, 1.82) is 0 Å². The van der Waals surface area contributed by atoms with E-state index in [2.05, 4.69) is 0 Å². The van der Waals surface area contributed by atoms with E-state index < -0.39 is 12.2 Å². The highest BCUT2D eigenvalue weighted by Crippen LogP contribution is 2.40. The first kappa shape index (κ1) is 17.0. The number of aromatic hydroxyl groups is 1.